The average Bonchev–Trinajstić information content (AvgIpc) is 1.97. The summed E-state index contributed by atoms with van der Waals surface area (Å²) in [5.74, 6) is 0.395. The Bertz CT molecular complexity index is 210. The Labute approximate surface area is 80.1 Å². The van der Waals surface area contributed by atoms with E-state index in [1.165, 1.54) is 0 Å². The van der Waals surface area contributed by atoms with Crippen LogP contribution in [0.25, 0.3) is 0 Å². The average molecular weight is 210 g/mol. The number of hydrogen-bond acceptors (Lipinski definition) is 3. The van der Waals surface area contributed by atoms with Gasteiger partial charge in [-0.2, -0.15) is 8.42 Å². The Morgan fingerprint density at radius 2 is 1.69 bits per heavy atom. The molecule has 0 saturated carbocycles. The highest BCUT2D eigenvalue weighted by Crippen LogP contribution is 1.96. The van der Waals surface area contributed by atoms with E-state index in [2.05, 4.69) is 6.92 Å². The molecular formula is C8H18O4S. The highest BCUT2D eigenvalue weighted by molar-refractivity contribution is 7.85. The predicted octanol–water partition coefficient (Wildman–Crippen LogP) is 1.66. The van der Waals surface area contributed by atoms with Crippen molar-refractivity contribution in [2.45, 2.75) is 39.5 Å². The van der Waals surface area contributed by atoms with Crippen LogP contribution >= 0.6 is 0 Å². The molecule has 0 spiro atoms. The Morgan fingerprint density at radius 1 is 1.31 bits per heavy atom. The van der Waals surface area contributed by atoms with Crippen LogP contribution in [-0.4, -0.2) is 25.0 Å². The number of hydrogen-bond donors (Lipinski definition) is 1. The molecule has 0 unspecified atom stereocenters. The molecule has 0 fully saturated rings. The Kier molecular flexibility index (Phi) is 9.50. The standard InChI is InChI=1S/C7H14O.CH4O3S/c1-3-5-6-7(8)4-2;1-5(2,3)4/h3-6H2,1-2H3;1H3,(H,2,3,4). The highest BCUT2D eigenvalue weighted by Gasteiger charge is 1.93. The molecule has 0 aromatic heterocycles. The molecular weight excluding hydrogens is 192 g/mol. The van der Waals surface area contributed by atoms with Crippen LogP contribution in [0.15, 0.2) is 0 Å². The quantitative estimate of drug-likeness (QED) is 0.716. The lowest BCUT2D eigenvalue weighted by Gasteiger charge is -1.91. The molecule has 1 N–H and O–H groups in total. The van der Waals surface area contributed by atoms with E-state index in [4.69, 9.17) is 4.55 Å². The van der Waals surface area contributed by atoms with Crippen LogP contribution in [0.4, 0.5) is 0 Å². The van der Waals surface area contributed by atoms with Gasteiger partial charge >= 0.3 is 0 Å². The van der Waals surface area contributed by atoms with Gasteiger partial charge in [0.15, 0.2) is 0 Å². The third-order valence-electron chi connectivity index (χ3n) is 1.20. The molecule has 13 heavy (non-hydrogen) atoms. The molecule has 0 aliphatic heterocycles. The van der Waals surface area contributed by atoms with Gasteiger partial charge in [-0.25, -0.2) is 0 Å². The van der Waals surface area contributed by atoms with Crippen LogP contribution in [-0.2, 0) is 14.9 Å². The predicted molar refractivity (Wildman–Crippen MR) is 52.3 cm³/mol. The molecule has 5 heteroatoms. The molecule has 0 saturated heterocycles. The lowest BCUT2D eigenvalue weighted by molar-refractivity contribution is -0.118. The maximum Gasteiger partial charge on any atom is 0.261 e. The first-order valence-corrected chi connectivity index (χ1v) is 6.10. The minimum Gasteiger partial charge on any atom is -0.300 e. The van der Waals surface area contributed by atoms with E-state index in [-0.39, 0.29) is 0 Å². The van der Waals surface area contributed by atoms with E-state index in [1.807, 2.05) is 6.92 Å². The zero-order chi connectivity index (χ0) is 10.9. The van der Waals surface area contributed by atoms with E-state index in [1.54, 1.807) is 0 Å². The number of Topliss-reactive ketones (excluding diaryl/α,β-unsaturated/α-hetero) is 1. The summed E-state index contributed by atoms with van der Waals surface area (Å²) in [5.41, 5.74) is 0. The van der Waals surface area contributed by atoms with E-state index in [0.717, 1.165) is 19.3 Å². The smallest absolute Gasteiger partial charge is 0.261 e. The summed E-state index contributed by atoms with van der Waals surface area (Å²) in [4.78, 5) is 10.6. The highest BCUT2D eigenvalue weighted by atomic mass is 32.2. The zero-order valence-electron chi connectivity index (χ0n) is 8.41. The second-order valence-corrected chi connectivity index (χ2v) is 4.19. The van der Waals surface area contributed by atoms with E-state index in [9.17, 15) is 13.2 Å². The Morgan fingerprint density at radius 3 is 1.92 bits per heavy atom. The molecule has 0 aliphatic rings. The molecule has 80 valence electrons. The van der Waals surface area contributed by atoms with Crippen molar-refractivity contribution in [3.8, 4) is 0 Å². The molecule has 0 atom stereocenters. The van der Waals surface area contributed by atoms with Gasteiger partial charge in [0.2, 0.25) is 0 Å². The van der Waals surface area contributed by atoms with Gasteiger partial charge in [-0.05, 0) is 6.42 Å². The lowest BCUT2D eigenvalue weighted by atomic mass is 10.1. The molecule has 4 nitrogen and oxygen atoms in total. The minimum absolute atomic E-state index is 0.395. The molecule has 0 heterocycles. The SMILES string of the molecule is CCCCC(=O)CC.CS(=O)(=O)O. The summed E-state index contributed by atoms with van der Waals surface area (Å²) in [5, 5.41) is 0. The second-order valence-electron chi connectivity index (χ2n) is 2.73. The van der Waals surface area contributed by atoms with Gasteiger partial charge in [0, 0.05) is 12.8 Å². The van der Waals surface area contributed by atoms with Crippen molar-refractivity contribution in [3.63, 3.8) is 0 Å². The lowest BCUT2D eigenvalue weighted by Crippen LogP contribution is -1.92. The van der Waals surface area contributed by atoms with Crippen molar-refractivity contribution in [2.75, 3.05) is 6.26 Å². The molecule has 0 bridgehead atoms. The van der Waals surface area contributed by atoms with Crippen LogP contribution in [0, 0.1) is 0 Å². The topological polar surface area (TPSA) is 71.4 Å². The number of unbranched alkanes of at least 4 members (excludes halogenated alkanes) is 1. The third-order valence-corrected chi connectivity index (χ3v) is 1.20. The molecule has 0 aliphatic carbocycles. The summed E-state index contributed by atoms with van der Waals surface area (Å²) in [6.45, 7) is 4.01. The van der Waals surface area contributed by atoms with Gasteiger partial charge in [-0.15, -0.1) is 0 Å². The van der Waals surface area contributed by atoms with Crippen LogP contribution < -0.4 is 0 Å². The summed E-state index contributed by atoms with van der Waals surface area (Å²) in [6, 6.07) is 0. The number of ketones is 1. The first kappa shape index (κ1) is 15.1. The third kappa shape index (κ3) is 34.1. The zero-order valence-corrected chi connectivity index (χ0v) is 9.23. The van der Waals surface area contributed by atoms with Crippen molar-refractivity contribution in [2.24, 2.45) is 0 Å². The van der Waals surface area contributed by atoms with Crippen LogP contribution in [0.5, 0.6) is 0 Å². The summed E-state index contributed by atoms with van der Waals surface area (Å²) >= 11 is 0. The van der Waals surface area contributed by atoms with Crippen LogP contribution in [0.2, 0.25) is 0 Å². The van der Waals surface area contributed by atoms with Crippen LogP contribution in [0.1, 0.15) is 39.5 Å². The molecule has 0 amide bonds. The van der Waals surface area contributed by atoms with E-state index in [0.29, 0.717) is 18.5 Å². The fourth-order valence-corrected chi connectivity index (χ4v) is 0.551. The normalized spacial score (nSPS) is 10.2. The first-order valence-electron chi connectivity index (χ1n) is 4.25. The number of carbonyl (C=O) groups is 1. The van der Waals surface area contributed by atoms with Gasteiger partial charge in [-0.1, -0.05) is 20.3 Å². The largest absolute Gasteiger partial charge is 0.300 e. The van der Waals surface area contributed by atoms with Gasteiger partial charge in [0.05, 0.1) is 6.26 Å². The summed E-state index contributed by atoms with van der Waals surface area (Å²) in [6.07, 6.45) is 4.40. The number of rotatable bonds is 4. The minimum atomic E-state index is -3.67. The monoisotopic (exact) mass is 210 g/mol. The number of carbonyl (C=O) groups excluding carboxylic acids is 1. The van der Waals surface area contributed by atoms with Crippen molar-refractivity contribution < 1.29 is 17.8 Å². The summed E-state index contributed by atoms with van der Waals surface area (Å²) in [7, 11) is -3.67. The van der Waals surface area contributed by atoms with Gasteiger partial charge in [-0.3, -0.25) is 9.35 Å². The van der Waals surface area contributed by atoms with Gasteiger partial charge < -0.3 is 0 Å². The van der Waals surface area contributed by atoms with Crippen molar-refractivity contribution in [1.82, 2.24) is 0 Å². The van der Waals surface area contributed by atoms with Crippen molar-refractivity contribution >= 4 is 15.9 Å². The maximum atomic E-state index is 10.6. The molecule has 0 radical (unpaired) electrons. The van der Waals surface area contributed by atoms with Crippen LogP contribution in [0.3, 0.4) is 0 Å². The maximum absolute atomic E-state index is 10.6. The summed E-state index contributed by atoms with van der Waals surface area (Å²) < 4.78 is 25.9. The van der Waals surface area contributed by atoms with Gasteiger partial charge in [0.25, 0.3) is 10.1 Å². The first-order chi connectivity index (χ1) is 5.81. The fraction of sp³-hybridized carbons (Fsp3) is 0.875. The molecule has 0 aromatic rings. The van der Waals surface area contributed by atoms with Crippen molar-refractivity contribution in [1.29, 1.82) is 0 Å². The van der Waals surface area contributed by atoms with Crippen molar-refractivity contribution in [3.05, 3.63) is 0 Å². The fourth-order valence-electron chi connectivity index (χ4n) is 0.551. The van der Waals surface area contributed by atoms with E-state index >= 15 is 0 Å². The Hall–Kier alpha value is -0.420. The van der Waals surface area contributed by atoms with E-state index < -0.39 is 10.1 Å². The second kappa shape index (κ2) is 8.19. The van der Waals surface area contributed by atoms with Gasteiger partial charge in [0.1, 0.15) is 5.78 Å². The molecule has 0 aromatic carbocycles. The Balaban J connectivity index is 0. The molecule has 0 rings (SSSR count).